The van der Waals surface area contributed by atoms with Crippen LogP contribution in [0.3, 0.4) is 0 Å². The largest absolute Gasteiger partial charge is 0.478 e. The van der Waals surface area contributed by atoms with Crippen LogP contribution in [0.1, 0.15) is 55.4 Å². The molecule has 0 fully saturated rings. The summed E-state index contributed by atoms with van der Waals surface area (Å²) in [5, 5.41) is 9.79. The van der Waals surface area contributed by atoms with Crippen LogP contribution in [0, 0.1) is 13.8 Å². The Hall–Kier alpha value is -2.98. The Morgan fingerprint density at radius 3 is 2.32 bits per heavy atom. The predicted octanol–water partition coefficient (Wildman–Crippen LogP) is 5.45. The maximum Gasteiger partial charge on any atom is 0.335 e. The Kier molecular flexibility index (Phi) is 5.90. The highest BCUT2D eigenvalue weighted by molar-refractivity contribution is 6.30. The lowest BCUT2D eigenvalue weighted by Gasteiger charge is -2.20. The minimum atomic E-state index is -0.978. The first kappa shape index (κ1) is 19.8. The van der Waals surface area contributed by atoms with E-state index in [-0.39, 0.29) is 23.7 Å². The van der Waals surface area contributed by atoms with Crippen molar-refractivity contribution >= 4 is 23.4 Å². The Bertz CT molecular complexity index is 1030. The summed E-state index contributed by atoms with van der Waals surface area (Å²) in [4.78, 5) is 28.3. The van der Waals surface area contributed by atoms with E-state index in [1.807, 2.05) is 32.0 Å². The van der Waals surface area contributed by atoms with Crippen LogP contribution in [-0.4, -0.2) is 21.8 Å². The molecule has 0 aliphatic carbocycles. The molecule has 0 radical (unpaired) electrons. The number of Topliss-reactive ketones (excluding diaryl/α,β-unsaturated/α-hetero) is 1. The van der Waals surface area contributed by atoms with Crippen molar-refractivity contribution in [3.05, 3.63) is 99.3 Å². The van der Waals surface area contributed by atoms with E-state index in [1.54, 1.807) is 42.6 Å². The molecule has 1 heterocycles. The molecule has 1 unspecified atom stereocenters. The second-order valence-corrected chi connectivity index (χ2v) is 7.23. The van der Waals surface area contributed by atoms with E-state index in [4.69, 9.17) is 16.7 Å². The van der Waals surface area contributed by atoms with Gasteiger partial charge in [0, 0.05) is 34.8 Å². The zero-order valence-corrected chi connectivity index (χ0v) is 16.4. The van der Waals surface area contributed by atoms with Crippen LogP contribution in [0.5, 0.6) is 0 Å². The lowest BCUT2D eigenvalue weighted by atomic mass is 9.83. The van der Waals surface area contributed by atoms with Gasteiger partial charge in [0.1, 0.15) is 0 Å². The number of carbonyl (C=O) groups excluding carboxylic acids is 1. The molecule has 1 atom stereocenters. The number of nitrogens with zero attached hydrogens (tertiary/aromatic N) is 1. The lowest BCUT2D eigenvalue weighted by Crippen LogP contribution is -2.11. The van der Waals surface area contributed by atoms with Gasteiger partial charge in [-0.1, -0.05) is 29.8 Å². The molecular formula is C23H20ClNO3. The predicted molar refractivity (Wildman–Crippen MR) is 109 cm³/mol. The molecule has 0 bridgehead atoms. The summed E-state index contributed by atoms with van der Waals surface area (Å²) >= 11 is 6.10. The quantitative estimate of drug-likeness (QED) is 0.565. The van der Waals surface area contributed by atoms with Gasteiger partial charge in [0.2, 0.25) is 0 Å². The first-order chi connectivity index (χ1) is 13.3. The number of carboxylic acid groups (broad SMARTS) is 1. The molecule has 5 heteroatoms. The highest BCUT2D eigenvalue weighted by Crippen LogP contribution is 2.33. The number of benzene rings is 2. The fourth-order valence-electron chi connectivity index (χ4n) is 3.32. The molecule has 0 aliphatic heterocycles. The van der Waals surface area contributed by atoms with Crippen LogP contribution in [0.2, 0.25) is 5.02 Å². The smallest absolute Gasteiger partial charge is 0.335 e. The van der Waals surface area contributed by atoms with Gasteiger partial charge >= 0.3 is 5.97 Å². The number of ketones is 1. The lowest BCUT2D eigenvalue weighted by molar-refractivity contribution is 0.0696. The minimum absolute atomic E-state index is 0.00663. The van der Waals surface area contributed by atoms with Crippen molar-refractivity contribution in [2.45, 2.75) is 26.2 Å². The van der Waals surface area contributed by atoms with E-state index in [1.165, 1.54) is 0 Å². The number of halogens is 1. The van der Waals surface area contributed by atoms with Gasteiger partial charge in [-0.15, -0.1) is 0 Å². The van der Waals surface area contributed by atoms with E-state index in [0.29, 0.717) is 10.6 Å². The standard InChI is InChI=1S/C23H20ClNO3/c1-14-11-19(24)7-8-20(14)21(16-3-5-17(6-4-16)23(27)28)13-22(26)18-9-10-25-15(2)12-18/h3-12,21H,13H2,1-2H3,(H,27,28). The first-order valence-corrected chi connectivity index (χ1v) is 9.28. The van der Waals surface area contributed by atoms with E-state index in [0.717, 1.165) is 22.4 Å². The summed E-state index contributed by atoms with van der Waals surface area (Å²) in [5.41, 5.74) is 4.48. The van der Waals surface area contributed by atoms with Crippen molar-refractivity contribution < 1.29 is 14.7 Å². The Morgan fingerprint density at radius 2 is 1.71 bits per heavy atom. The highest BCUT2D eigenvalue weighted by atomic mass is 35.5. The third-order valence-electron chi connectivity index (χ3n) is 4.78. The van der Waals surface area contributed by atoms with Crippen LogP contribution in [0.4, 0.5) is 0 Å². The third kappa shape index (κ3) is 4.46. The molecule has 3 aromatic rings. The summed E-state index contributed by atoms with van der Waals surface area (Å²) in [7, 11) is 0. The molecule has 0 amide bonds. The second kappa shape index (κ2) is 8.36. The molecular weight excluding hydrogens is 374 g/mol. The summed E-state index contributed by atoms with van der Waals surface area (Å²) in [6.07, 6.45) is 1.89. The van der Waals surface area contributed by atoms with Crippen molar-refractivity contribution in [1.82, 2.24) is 4.98 Å². The van der Waals surface area contributed by atoms with Gasteiger partial charge in [-0.3, -0.25) is 9.78 Å². The van der Waals surface area contributed by atoms with Gasteiger partial charge in [0.25, 0.3) is 0 Å². The summed E-state index contributed by atoms with van der Waals surface area (Å²) in [5.74, 6) is -1.18. The van der Waals surface area contributed by atoms with Crippen molar-refractivity contribution in [1.29, 1.82) is 0 Å². The van der Waals surface area contributed by atoms with Gasteiger partial charge in [0.15, 0.2) is 5.78 Å². The van der Waals surface area contributed by atoms with Crippen LogP contribution < -0.4 is 0 Å². The summed E-state index contributed by atoms with van der Waals surface area (Å²) < 4.78 is 0. The van der Waals surface area contributed by atoms with E-state index < -0.39 is 5.97 Å². The topological polar surface area (TPSA) is 67.3 Å². The SMILES string of the molecule is Cc1cc(C(=O)CC(c2ccc(C(=O)O)cc2)c2ccc(Cl)cc2C)ccn1. The number of rotatable bonds is 6. The number of pyridine rings is 1. The molecule has 2 aromatic carbocycles. The first-order valence-electron chi connectivity index (χ1n) is 8.90. The Labute approximate surface area is 168 Å². The minimum Gasteiger partial charge on any atom is -0.478 e. The van der Waals surface area contributed by atoms with E-state index >= 15 is 0 Å². The monoisotopic (exact) mass is 393 g/mol. The van der Waals surface area contributed by atoms with Gasteiger partial charge in [0.05, 0.1) is 5.56 Å². The van der Waals surface area contributed by atoms with Gasteiger partial charge in [-0.25, -0.2) is 4.79 Å². The Balaban J connectivity index is 2.01. The van der Waals surface area contributed by atoms with Gasteiger partial charge in [-0.05, 0) is 66.9 Å². The molecule has 0 saturated carbocycles. The molecule has 3 rings (SSSR count). The zero-order valence-electron chi connectivity index (χ0n) is 15.6. The number of aromatic nitrogens is 1. The van der Waals surface area contributed by atoms with Crippen LogP contribution in [0.15, 0.2) is 60.8 Å². The molecule has 1 N–H and O–H groups in total. The second-order valence-electron chi connectivity index (χ2n) is 6.79. The fraction of sp³-hybridized carbons (Fsp3) is 0.174. The fourth-order valence-corrected chi connectivity index (χ4v) is 3.54. The summed E-state index contributed by atoms with van der Waals surface area (Å²) in [6, 6.07) is 15.8. The Morgan fingerprint density at radius 1 is 1.00 bits per heavy atom. The highest BCUT2D eigenvalue weighted by Gasteiger charge is 2.21. The maximum atomic E-state index is 13.0. The zero-order chi connectivity index (χ0) is 20.3. The third-order valence-corrected chi connectivity index (χ3v) is 5.01. The van der Waals surface area contributed by atoms with Gasteiger partial charge < -0.3 is 5.11 Å². The normalized spacial score (nSPS) is 11.8. The number of aromatic carboxylic acids is 1. The van der Waals surface area contributed by atoms with Crippen molar-refractivity contribution in [3.8, 4) is 0 Å². The van der Waals surface area contributed by atoms with E-state index in [9.17, 15) is 9.59 Å². The van der Waals surface area contributed by atoms with Crippen LogP contribution in [-0.2, 0) is 0 Å². The number of hydrogen-bond acceptors (Lipinski definition) is 3. The van der Waals surface area contributed by atoms with Crippen LogP contribution >= 0.6 is 11.6 Å². The average Bonchev–Trinajstić information content (AvgIpc) is 2.66. The number of aryl methyl sites for hydroxylation is 2. The molecule has 0 aliphatic rings. The summed E-state index contributed by atoms with van der Waals surface area (Å²) in [6.45, 7) is 3.81. The molecule has 142 valence electrons. The molecule has 0 spiro atoms. The molecule has 4 nitrogen and oxygen atoms in total. The van der Waals surface area contributed by atoms with Gasteiger partial charge in [-0.2, -0.15) is 0 Å². The average molecular weight is 394 g/mol. The van der Waals surface area contributed by atoms with Crippen molar-refractivity contribution in [2.24, 2.45) is 0 Å². The van der Waals surface area contributed by atoms with Crippen LogP contribution in [0.25, 0.3) is 0 Å². The number of hydrogen-bond donors (Lipinski definition) is 1. The van der Waals surface area contributed by atoms with E-state index in [2.05, 4.69) is 4.98 Å². The molecule has 28 heavy (non-hydrogen) atoms. The van der Waals surface area contributed by atoms with Crippen molar-refractivity contribution in [2.75, 3.05) is 0 Å². The molecule has 0 saturated heterocycles. The maximum absolute atomic E-state index is 13.0. The number of carbonyl (C=O) groups is 2. The molecule has 1 aromatic heterocycles. The number of carboxylic acids is 1. The van der Waals surface area contributed by atoms with Crippen molar-refractivity contribution in [3.63, 3.8) is 0 Å².